The molecule has 1 atom stereocenters. The van der Waals surface area contributed by atoms with Crippen LogP contribution < -0.4 is 29.5 Å². The molecule has 6 aromatic rings. The van der Waals surface area contributed by atoms with Crippen LogP contribution in [0.25, 0.3) is 22.3 Å². The van der Waals surface area contributed by atoms with Gasteiger partial charge < -0.3 is 18.9 Å². The lowest BCUT2D eigenvalue weighted by atomic mass is 10.0. The summed E-state index contributed by atoms with van der Waals surface area (Å²) in [7, 11) is -0.384. The number of methoxy groups -OCH3 is 2. The van der Waals surface area contributed by atoms with Gasteiger partial charge in [-0.25, -0.2) is 0 Å². The van der Waals surface area contributed by atoms with Gasteiger partial charge in [0.1, 0.15) is 17.2 Å². The monoisotopic (exact) mass is 595 g/mol. The molecule has 0 bridgehead atoms. The summed E-state index contributed by atoms with van der Waals surface area (Å²) in [5, 5.41) is 1.09. The second-order valence-corrected chi connectivity index (χ2v) is 12.7. The summed E-state index contributed by atoms with van der Waals surface area (Å²) in [4.78, 5) is 2.21. The summed E-state index contributed by atoms with van der Waals surface area (Å²) >= 11 is 0. The summed E-state index contributed by atoms with van der Waals surface area (Å²) in [6.07, 6.45) is 0. The van der Waals surface area contributed by atoms with Gasteiger partial charge in [-0.15, -0.1) is 0 Å². The van der Waals surface area contributed by atoms with Gasteiger partial charge in [0.2, 0.25) is 0 Å². The first-order valence-electron chi connectivity index (χ1n) is 14.4. The third-order valence-electron chi connectivity index (χ3n) is 7.91. The van der Waals surface area contributed by atoms with Crippen molar-refractivity contribution in [3.8, 4) is 39.5 Å². The zero-order valence-electron chi connectivity index (χ0n) is 24.4. The third-order valence-corrected chi connectivity index (χ3v) is 10.4. The number of rotatable bonds is 7. The smallest absolute Gasteiger partial charge is 0.311 e. The second-order valence-electron chi connectivity index (χ2n) is 10.4. The van der Waals surface area contributed by atoms with Crippen molar-refractivity contribution in [2.45, 2.75) is 0 Å². The van der Waals surface area contributed by atoms with Crippen molar-refractivity contribution in [2.24, 2.45) is 0 Å². The van der Waals surface area contributed by atoms with Crippen molar-refractivity contribution in [1.82, 2.24) is 0 Å². The Bertz CT molecular complexity index is 1950. The topological polar surface area (TPSA) is 48.0 Å². The van der Waals surface area contributed by atoms with E-state index in [4.69, 9.17) is 14.0 Å². The summed E-state index contributed by atoms with van der Waals surface area (Å²) in [5.41, 5.74) is 6.71. The van der Waals surface area contributed by atoms with Crippen LogP contribution >= 0.6 is 7.37 Å². The second kappa shape index (κ2) is 11.4. The van der Waals surface area contributed by atoms with Crippen molar-refractivity contribution in [1.29, 1.82) is 0 Å². The largest absolute Gasteiger partial charge is 0.496 e. The molecule has 1 heterocycles. The van der Waals surface area contributed by atoms with Crippen LogP contribution in [0, 0.1) is 0 Å². The molecule has 1 aliphatic heterocycles. The number of ether oxygens (including phenoxy) is 2. The van der Waals surface area contributed by atoms with Crippen molar-refractivity contribution < 1.29 is 18.6 Å². The van der Waals surface area contributed by atoms with Gasteiger partial charge in [0.15, 0.2) is 0 Å². The van der Waals surface area contributed by atoms with E-state index in [1.54, 1.807) is 20.3 Å². The minimum atomic E-state index is -3.59. The maximum atomic E-state index is 14.9. The third kappa shape index (κ3) is 4.72. The molecule has 0 spiro atoms. The van der Waals surface area contributed by atoms with Crippen molar-refractivity contribution in [3.63, 3.8) is 0 Å². The van der Waals surface area contributed by atoms with E-state index >= 15 is 0 Å². The lowest BCUT2D eigenvalue weighted by Crippen LogP contribution is -2.26. The van der Waals surface area contributed by atoms with E-state index in [1.165, 1.54) is 0 Å². The molecule has 216 valence electrons. The zero-order chi connectivity index (χ0) is 30.1. The summed E-state index contributed by atoms with van der Waals surface area (Å²) in [5.74, 6) is 1.63. The highest BCUT2D eigenvalue weighted by Crippen LogP contribution is 2.56. The molecule has 0 saturated heterocycles. The van der Waals surface area contributed by atoms with Crippen LogP contribution in [0.4, 0.5) is 17.1 Å². The Hall–Kier alpha value is -5.25. The summed E-state index contributed by atoms with van der Waals surface area (Å²) in [6.45, 7) is 0. The molecule has 5 nitrogen and oxygen atoms in total. The first-order valence-corrected chi connectivity index (χ1v) is 16.0. The fourth-order valence-corrected chi connectivity index (χ4v) is 8.24. The highest BCUT2D eigenvalue weighted by atomic mass is 31.2. The fourth-order valence-electron chi connectivity index (χ4n) is 5.82. The van der Waals surface area contributed by atoms with Crippen LogP contribution in [0.5, 0.6) is 17.2 Å². The van der Waals surface area contributed by atoms with Crippen LogP contribution in [0.1, 0.15) is 0 Å². The first-order chi connectivity index (χ1) is 21.6. The molecule has 6 aromatic carbocycles. The molecule has 1 aliphatic rings. The van der Waals surface area contributed by atoms with Gasteiger partial charge in [0, 0.05) is 28.2 Å². The van der Waals surface area contributed by atoms with E-state index < -0.39 is 7.37 Å². The predicted octanol–water partition coefficient (Wildman–Crippen LogP) is 9.13. The van der Waals surface area contributed by atoms with E-state index in [2.05, 4.69) is 53.4 Å². The van der Waals surface area contributed by atoms with Gasteiger partial charge in [-0.3, -0.25) is 4.57 Å². The maximum absolute atomic E-state index is 14.9. The number of anilines is 3. The molecule has 6 heteroatoms. The number of benzene rings is 6. The lowest BCUT2D eigenvalue weighted by Gasteiger charge is -2.30. The predicted molar refractivity (Wildman–Crippen MR) is 179 cm³/mol. The highest BCUT2D eigenvalue weighted by Gasteiger charge is 2.40. The molecule has 0 radical (unpaired) electrons. The van der Waals surface area contributed by atoms with E-state index in [0.29, 0.717) is 27.9 Å². The van der Waals surface area contributed by atoms with Gasteiger partial charge in [0.25, 0.3) is 0 Å². The fraction of sp³-hybridized carbons (Fsp3) is 0.0526. The van der Waals surface area contributed by atoms with Crippen LogP contribution in [-0.4, -0.2) is 14.2 Å². The standard InChI is InChI=1S/C38H30NO4P/c1-41-35-26-38(44(40)37-20-12-10-18-32(37)31-17-9-11-19-34(31)43-44)36(42-2)25-33(35)27-21-23-30(24-22-27)39(28-13-5-3-6-14-28)29-15-7-4-8-16-29/h3-26H,1-2H3. The zero-order valence-corrected chi connectivity index (χ0v) is 25.3. The molecule has 0 saturated carbocycles. The van der Waals surface area contributed by atoms with E-state index in [9.17, 15) is 4.57 Å². The van der Waals surface area contributed by atoms with Crippen LogP contribution in [0.3, 0.4) is 0 Å². The number of fused-ring (bicyclic) bond motifs is 3. The Morgan fingerprint density at radius 2 is 1.07 bits per heavy atom. The van der Waals surface area contributed by atoms with Gasteiger partial charge in [-0.1, -0.05) is 84.9 Å². The molecule has 1 unspecified atom stereocenters. The summed E-state index contributed by atoms with van der Waals surface area (Å²) in [6, 6.07) is 48.0. The molecule has 0 aliphatic carbocycles. The Kier molecular flexibility index (Phi) is 7.17. The molecule has 7 rings (SSSR count). The molecule has 0 aromatic heterocycles. The van der Waals surface area contributed by atoms with E-state index in [0.717, 1.165) is 39.3 Å². The highest BCUT2D eigenvalue weighted by molar-refractivity contribution is 7.75. The van der Waals surface area contributed by atoms with Gasteiger partial charge in [-0.2, -0.15) is 0 Å². The normalized spacial score (nSPS) is 15.0. The molecule has 0 fully saturated rings. The SMILES string of the molecule is COc1cc(P2(=O)Oc3ccccc3-c3ccccc32)c(OC)cc1-c1ccc(N(c2ccccc2)c2ccccc2)cc1. The number of hydrogen-bond donors (Lipinski definition) is 0. The Balaban J connectivity index is 1.32. The molecular weight excluding hydrogens is 565 g/mol. The maximum Gasteiger partial charge on any atom is 0.311 e. The number of para-hydroxylation sites is 3. The van der Waals surface area contributed by atoms with Gasteiger partial charge in [0.05, 0.1) is 24.8 Å². The lowest BCUT2D eigenvalue weighted by molar-refractivity contribution is 0.406. The quantitative estimate of drug-likeness (QED) is 0.172. The number of nitrogens with zero attached hydrogens (tertiary/aromatic N) is 1. The Morgan fingerprint density at radius 3 is 1.70 bits per heavy atom. The average molecular weight is 596 g/mol. The first kappa shape index (κ1) is 27.6. The Morgan fingerprint density at radius 1 is 0.523 bits per heavy atom. The Labute approximate surface area is 257 Å². The van der Waals surface area contributed by atoms with Crippen molar-refractivity contribution >= 4 is 35.0 Å². The van der Waals surface area contributed by atoms with Gasteiger partial charge in [-0.05, 0) is 71.8 Å². The minimum Gasteiger partial charge on any atom is -0.496 e. The van der Waals surface area contributed by atoms with E-state index in [-0.39, 0.29) is 0 Å². The molecule has 0 amide bonds. The van der Waals surface area contributed by atoms with Gasteiger partial charge >= 0.3 is 7.37 Å². The molecule has 0 N–H and O–H groups in total. The average Bonchev–Trinajstić information content (AvgIpc) is 3.09. The van der Waals surface area contributed by atoms with Crippen LogP contribution in [-0.2, 0) is 4.57 Å². The summed E-state index contributed by atoms with van der Waals surface area (Å²) < 4.78 is 33.1. The molecule has 44 heavy (non-hydrogen) atoms. The van der Waals surface area contributed by atoms with Crippen LogP contribution in [0.2, 0.25) is 0 Å². The number of hydrogen-bond acceptors (Lipinski definition) is 5. The molecular formula is C38H30NO4P. The van der Waals surface area contributed by atoms with E-state index in [1.807, 2.05) is 91.0 Å². The minimum absolute atomic E-state index is 0.457. The van der Waals surface area contributed by atoms with Crippen LogP contribution in [0.15, 0.2) is 146 Å². The van der Waals surface area contributed by atoms with Crippen molar-refractivity contribution in [2.75, 3.05) is 19.1 Å². The van der Waals surface area contributed by atoms with Crippen molar-refractivity contribution in [3.05, 3.63) is 146 Å².